The molecule has 0 saturated heterocycles. The second-order valence-corrected chi connectivity index (χ2v) is 6.95. The number of nitrogens with one attached hydrogen (secondary N) is 1. The van der Waals surface area contributed by atoms with Gasteiger partial charge >= 0.3 is 0 Å². The number of amides is 1. The molecule has 0 aliphatic rings. The summed E-state index contributed by atoms with van der Waals surface area (Å²) < 4.78 is 18.4. The Morgan fingerprint density at radius 1 is 1.32 bits per heavy atom. The van der Waals surface area contributed by atoms with Gasteiger partial charge in [0.25, 0.3) is 0 Å². The minimum atomic E-state index is -0.566. The molecule has 6 nitrogen and oxygen atoms in total. The first kappa shape index (κ1) is 21.5. The largest absolute Gasteiger partial charge is 0.447 e. The van der Waals surface area contributed by atoms with E-state index in [0.29, 0.717) is 17.7 Å². The number of carbonyl (C=O) groups excluding carboxylic acids is 2. The van der Waals surface area contributed by atoms with Gasteiger partial charge in [0.1, 0.15) is 17.9 Å². The summed E-state index contributed by atoms with van der Waals surface area (Å²) in [6.45, 7) is 4.24. The molecule has 0 saturated carbocycles. The van der Waals surface area contributed by atoms with Crippen LogP contribution in [0.2, 0.25) is 0 Å². The standard InChI is InChI=1S/C21H26FN3O3/c1-15(2)10-18(13-26)25(12-19(23-3)20-11-24-14-28-20)21(27)9-6-16-4-7-17(22)8-5-16/h4-9,11,13-15,18-19,23H,10,12H2,1-3H3/b9-6+. The van der Waals surface area contributed by atoms with Crippen LogP contribution in [0.4, 0.5) is 4.39 Å². The quantitative estimate of drug-likeness (QED) is 0.500. The zero-order valence-corrected chi connectivity index (χ0v) is 16.3. The van der Waals surface area contributed by atoms with E-state index in [1.807, 2.05) is 13.8 Å². The number of benzene rings is 1. The number of nitrogens with zero attached hydrogens (tertiary/aromatic N) is 2. The van der Waals surface area contributed by atoms with Gasteiger partial charge in [0, 0.05) is 12.6 Å². The van der Waals surface area contributed by atoms with E-state index in [4.69, 9.17) is 4.42 Å². The van der Waals surface area contributed by atoms with E-state index in [1.54, 1.807) is 31.5 Å². The summed E-state index contributed by atoms with van der Waals surface area (Å²) in [6, 6.07) is 4.95. The molecule has 2 atom stereocenters. The Labute approximate surface area is 164 Å². The molecule has 1 aromatic carbocycles. The van der Waals surface area contributed by atoms with Crippen molar-refractivity contribution < 1.29 is 18.4 Å². The van der Waals surface area contributed by atoms with Crippen molar-refractivity contribution in [3.05, 3.63) is 60.1 Å². The predicted molar refractivity (Wildman–Crippen MR) is 105 cm³/mol. The molecule has 2 unspecified atom stereocenters. The molecule has 150 valence electrons. The topological polar surface area (TPSA) is 75.4 Å². The third-order valence-corrected chi connectivity index (χ3v) is 4.36. The van der Waals surface area contributed by atoms with Gasteiger partial charge in [-0.05, 0) is 43.2 Å². The molecule has 1 aromatic heterocycles. The fourth-order valence-corrected chi connectivity index (χ4v) is 2.88. The van der Waals surface area contributed by atoms with Gasteiger partial charge < -0.3 is 19.4 Å². The van der Waals surface area contributed by atoms with Crippen molar-refractivity contribution in [3.8, 4) is 0 Å². The van der Waals surface area contributed by atoms with E-state index in [1.165, 1.54) is 29.5 Å². The number of carbonyl (C=O) groups is 2. The molecule has 0 spiro atoms. The second-order valence-electron chi connectivity index (χ2n) is 6.95. The molecule has 1 amide bonds. The Bertz CT molecular complexity index is 773. The van der Waals surface area contributed by atoms with E-state index < -0.39 is 6.04 Å². The molecule has 1 N–H and O–H groups in total. The van der Waals surface area contributed by atoms with Gasteiger partial charge in [0.2, 0.25) is 5.91 Å². The van der Waals surface area contributed by atoms with Crippen LogP contribution in [0.1, 0.15) is 37.6 Å². The molecule has 0 fully saturated rings. The molecular formula is C21H26FN3O3. The van der Waals surface area contributed by atoms with Crippen molar-refractivity contribution in [2.75, 3.05) is 13.6 Å². The predicted octanol–water partition coefficient (Wildman–Crippen LogP) is 3.23. The SMILES string of the molecule is CNC(CN(C(=O)/C=C/c1ccc(F)cc1)C(C=O)CC(C)C)c1cnco1. The van der Waals surface area contributed by atoms with Crippen molar-refractivity contribution in [1.29, 1.82) is 0 Å². The maximum atomic E-state index is 13.0. The molecule has 28 heavy (non-hydrogen) atoms. The Balaban J connectivity index is 2.23. The van der Waals surface area contributed by atoms with Crippen molar-refractivity contribution in [2.24, 2.45) is 5.92 Å². The lowest BCUT2D eigenvalue weighted by atomic mass is 10.0. The third-order valence-electron chi connectivity index (χ3n) is 4.36. The molecule has 2 aromatic rings. The highest BCUT2D eigenvalue weighted by Gasteiger charge is 2.27. The second kappa shape index (κ2) is 10.5. The first-order valence-corrected chi connectivity index (χ1v) is 9.19. The molecule has 1 heterocycles. The van der Waals surface area contributed by atoms with Crippen LogP contribution < -0.4 is 5.32 Å². The van der Waals surface area contributed by atoms with Crippen LogP contribution in [-0.4, -0.2) is 41.7 Å². The molecule has 0 bridgehead atoms. The van der Waals surface area contributed by atoms with E-state index in [-0.39, 0.29) is 30.2 Å². The average molecular weight is 387 g/mol. The number of rotatable bonds is 10. The number of hydrogen-bond donors (Lipinski definition) is 1. The number of likely N-dealkylation sites (N-methyl/N-ethyl adjacent to an activating group) is 1. The van der Waals surface area contributed by atoms with Gasteiger partial charge in [-0.25, -0.2) is 9.37 Å². The van der Waals surface area contributed by atoms with Crippen molar-refractivity contribution in [1.82, 2.24) is 15.2 Å². The van der Waals surface area contributed by atoms with Crippen LogP contribution >= 0.6 is 0 Å². The highest BCUT2D eigenvalue weighted by Crippen LogP contribution is 2.18. The van der Waals surface area contributed by atoms with Crippen LogP contribution in [0.25, 0.3) is 6.08 Å². The van der Waals surface area contributed by atoms with Crippen LogP contribution in [0, 0.1) is 11.7 Å². The minimum Gasteiger partial charge on any atom is -0.447 e. The normalized spacial score (nSPS) is 13.6. The van der Waals surface area contributed by atoms with E-state index in [0.717, 1.165) is 6.29 Å². The maximum absolute atomic E-state index is 13.0. The van der Waals surface area contributed by atoms with E-state index >= 15 is 0 Å². The first-order chi connectivity index (χ1) is 13.4. The number of halogens is 1. The Morgan fingerprint density at radius 2 is 2.04 bits per heavy atom. The van der Waals surface area contributed by atoms with E-state index in [2.05, 4.69) is 10.3 Å². The van der Waals surface area contributed by atoms with Crippen molar-refractivity contribution in [2.45, 2.75) is 32.4 Å². The summed E-state index contributed by atoms with van der Waals surface area (Å²) in [5.74, 6) is 0.177. The maximum Gasteiger partial charge on any atom is 0.247 e. The van der Waals surface area contributed by atoms with Gasteiger partial charge in [0.05, 0.1) is 18.3 Å². The van der Waals surface area contributed by atoms with Gasteiger partial charge in [0.15, 0.2) is 6.39 Å². The Hall–Kier alpha value is -2.80. The number of oxazole rings is 1. The highest BCUT2D eigenvalue weighted by atomic mass is 19.1. The summed E-state index contributed by atoms with van der Waals surface area (Å²) in [4.78, 5) is 30.1. The fraction of sp³-hybridized carbons (Fsp3) is 0.381. The summed E-state index contributed by atoms with van der Waals surface area (Å²) >= 11 is 0. The smallest absolute Gasteiger partial charge is 0.247 e. The van der Waals surface area contributed by atoms with Crippen LogP contribution in [0.3, 0.4) is 0 Å². The summed E-state index contributed by atoms with van der Waals surface area (Å²) in [7, 11) is 1.75. The lowest BCUT2D eigenvalue weighted by Gasteiger charge is -2.31. The lowest BCUT2D eigenvalue weighted by Crippen LogP contribution is -2.45. The third kappa shape index (κ3) is 6.13. The molecule has 7 heteroatoms. The minimum absolute atomic E-state index is 0.241. The van der Waals surface area contributed by atoms with Crippen molar-refractivity contribution in [3.63, 3.8) is 0 Å². The first-order valence-electron chi connectivity index (χ1n) is 9.19. The van der Waals surface area contributed by atoms with Crippen molar-refractivity contribution >= 4 is 18.3 Å². The zero-order chi connectivity index (χ0) is 20.5. The summed E-state index contributed by atoms with van der Waals surface area (Å²) in [5, 5.41) is 3.09. The number of aldehydes is 1. The van der Waals surface area contributed by atoms with Crippen LogP contribution in [-0.2, 0) is 9.59 Å². The highest BCUT2D eigenvalue weighted by molar-refractivity contribution is 5.93. The lowest BCUT2D eigenvalue weighted by molar-refractivity contribution is -0.132. The van der Waals surface area contributed by atoms with Crippen LogP contribution in [0.5, 0.6) is 0 Å². The Morgan fingerprint density at radius 3 is 2.57 bits per heavy atom. The monoisotopic (exact) mass is 387 g/mol. The molecule has 0 aliphatic heterocycles. The molecule has 2 rings (SSSR count). The van der Waals surface area contributed by atoms with E-state index in [9.17, 15) is 14.0 Å². The van der Waals surface area contributed by atoms with Gasteiger partial charge in [-0.1, -0.05) is 26.0 Å². The number of aromatic nitrogens is 1. The fourth-order valence-electron chi connectivity index (χ4n) is 2.88. The molecule has 0 aliphatic carbocycles. The molecule has 0 radical (unpaired) electrons. The summed E-state index contributed by atoms with van der Waals surface area (Å²) in [6.07, 6.45) is 7.26. The van der Waals surface area contributed by atoms with Gasteiger partial charge in [-0.15, -0.1) is 0 Å². The van der Waals surface area contributed by atoms with Crippen LogP contribution in [0.15, 0.2) is 47.3 Å². The number of hydrogen-bond acceptors (Lipinski definition) is 5. The zero-order valence-electron chi connectivity index (χ0n) is 16.3. The van der Waals surface area contributed by atoms with Gasteiger partial charge in [-0.3, -0.25) is 4.79 Å². The molecular weight excluding hydrogens is 361 g/mol. The Kier molecular flexibility index (Phi) is 8.07. The average Bonchev–Trinajstić information content (AvgIpc) is 3.21. The van der Waals surface area contributed by atoms with Gasteiger partial charge in [-0.2, -0.15) is 0 Å². The summed E-state index contributed by atoms with van der Waals surface area (Å²) in [5.41, 5.74) is 0.696.